The topological polar surface area (TPSA) is 15.8 Å². The highest BCUT2D eigenvalue weighted by Gasteiger charge is 2.14. The third-order valence-electron chi connectivity index (χ3n) is 3.53. The summed E-state index contributed by atoms with van der Waals surface area (Å²) in [6.45, 7) is 4.01. The van der Waals surface area contributed by atoms with E-state index in [0.717, 1.165) is 10.9 Å². The third kappa shape index (κ3) is 2.14. The van der Waals surface area contributed by atoms with Gasteiger partial charge in [0.15, 0.2) is 0 Å². The molecule has 0 amide bonds. The van der Waals surface area contributed by atoms with Crippen LogP contribution in [0.5, 0.6) is 0 Å². The second-order valence-electron chi connectivity index (χ2n) is 4.70. The molecular weight excluding hydrogens is 237 g/mol. The fraction of sp³-hybridized carbons (Fsp3) is 0.118. The van der Waals surface area contributed by atoms with E-state index in [0.29, 0.717) is 11.9 Å². The summed E-state index contributed by atoms with van der Waals surface area (Å²) in [6.07, 6.45) is 2.47. The van der Waals surface area contributed by atoms with Crippen LogP contribution in [0.1, 0.15) is 23.5 Å². The van der Waals surface area contributed by atoms with Crippen molar-refractivity contribution in [3.63, 3.8) is 0 Å². The summed E-state index contributed by atoms with van der Waals surface area (Å²) >= 11 is 0. The van der Waals surface area contributed by atoms with Gasteiger partial charge in [-0.1, -0.05) is 37.3 Å². The Hall–Kier alpha value is -2.09. The van der Waals surface area contributed by atoms with Crippen LogP contribution in [0.2, 0.25) is 0 Å². The van der Waals surface area contributed by atoms with Crippen LogP contribution in [0.3, 0.4) is 0 Å². The minimum Gasteiger partial charge on any atom is -0.359 e. The van der Waals surface area contributed by atoms with E-state index in [9.17, 15) is 4.39 Å². The Morgan fingerprint density at radius 2 is 1.84 bits per heavy atom. The molecule has 2 heteroatoms. The Morgan fingerprint density at radius 1 is 1.05 bits per heavy atom. The summed E-state index contributed by atoms with van der Waals surface area (Å²) in [5.41, 5.74) is 2.72. The molecule has 0 aliphatic heterocycles. The molecule has 1 unspecified atom stereocenters. The Bertz CT molecular complexity index is 685. The van der Waals surface area contributed by atoms with Gasteiger partial charge in [0.2, 0.25) is 0 Å². The molecule has 1 heterocycles. The minimum atomic E-state index is -0.202. The summed E-state index contributed by atoms with van der Waals surface area (Å²) in [5.74, 6) is -0.0677. The Balaban J connectivity index is 2.11. The number of hydrogen-bond donors (Lipinski definition) is 1. The molecule has 95 valence electrons. The monoisotopic (exact) mass is 252 g/mol. The number of fused-ring (bicyclic) bond motifs is 1. The van der Waals surface area contributed by atoms with Gasteiger partial charge in [-0.25, -0.2) is 4.39 Å². The molecule has 1 nitrogen and oxygen atoms in total. The van der Waals surface area contributed by atoms with Crippen LogP contribution in [0.25, 0.3) is 10.9 Å². The molecule has 0 aliphatic rings. The number of nitrogens with one attached hydrogen (secondary N) is 1. The predicted octanol–water partition coefficient (Wildman–Crippen LogP) is 4.66. The highest BCUT2D eigenvalue weighted by molar-refractivity contribution is 5.81. The van der Waals surface area contributed by atoms with Gasteiger partial charge < -0.3 is 4.98 Å². The van der Waals surface area contributed by atoms with Crippen molar-refractivity contribution in [1.82, 2.24) is 4.98 Å². The standard InChI is InChI=1S/C17H15FN/c1-2-15(12-6-4-3-5-7-12)14-10-13-8-9-19-17(13)16(18)11-14/h3-11,15,19H,1-2H2. The molecule has 0 aliphatic carbocycles. The van der Waals surface area contributed by atoms with E-state index >= 15 is 0 Å². The zero-order valence-corrected chi connectivity index (χ0v) is 10.6. The summed E-state index contributed by atoms with van der Waals surface area (Å²) in [4.78, 5) is 2.92. The first-order valence-corrected chi connectivity index (χ1v) is 6.40. The van der Waals surface area contributed by atoms with Gasteiger partial charge in [-0.2, -0.15) is 0 Å². The maximum absolute atomic E-state index is 14.0. The minimum absolute atomic E-state index is 0.134. The molecule has 1 aromatic heterocycles. The van der Waals surface area contributed by atoms with Crippen LogP contribution in [-0.4, -0.2) is 4.98 Å². The third-order valence-corrected chi connectivity index (χ3v) is 3.53. The quantitative estimate of drug-likeness (QED) is 0.697. The molecule has 1 N–H and O–H groups in total. The lowest BCUT2D eigenvalue weighted by Gasteiger charge is -2.16. The average Bonchev–Trinajstić information content (AvgIpc) is 2.90. The van der Waals surface area contributed by atoms with Crippen LogP contribution in [0.4, 0.5) is 4.39 Å². The van der Waals surface area contributed by atoms with E-state index in [4.69, 9.17) is 0 Å². The molecule has 3 aromatic rings. The van der Waals surface area contributed by atoms with Crippen molar-refractivity contribution in [1.29, 1.82) is 0 Å². The van der Waals surface area contributed by atoms with E-state index in [1.54, 1.807) is 12.3 Å². The summed E-state index contributed by atoms with van der Waals surface area (Å²) in [5, 5.41) is 0.907. The molecule has 0 fully saturated rings. The Morgan fingerprint density at radius 3 is 2.58 bits per heavy atom. The molecule has 0 saturated carbocycles. The highest BCUT2D eigenvalue weighted by atomic mass is 19.1. The second kappa shape index (κ2) is 4.88. The fourth-order valence-corrected chi connectivity index (χ4v) is 2.56. The Labute approximate surface area is 112 Å². The molecule has 0 spiro atoms. The van der Waals surface area contributed by atoms with Gasteiger partial charge in [0, 0.05) is 17.5 Å². The molecule has 19 heavy (non-hydrogen) atoms. The summed E-state index contributed by atoms with van der Waals surface area (Å²) in [6, 6.07) is 15.7. The Kier molecular flexibility index (Phi) is 3.08. The molecular formula is C17H15FN. The highest BCUT2D eigenvalue weighted by Crippen LogP contribution is 2.30. The van der Waals surface area contributed by atoms with Crippen molar-refractivity contribution in [2.45, 2.75) is 12.3 Å². The van der Waals surface area contributed by atoms with E-state index in [2.05, 4.69) is 24.0 Å². The lowest BCUT2D eigenvalue weighted by molar-refractivity contribution is 0.633. The average molecular weight is 252 g/mol. The van der Waals surface area contributed by atoms with Crippen molar-refractivity contribution < 1.29 is 4.39 Å². The maximum atomic E-state index is 14.0. The van der Waals surface area contributed by atoms with Crippen LogP contribution >= 0.6 is 0 Å². The predicted molar refractivity (Wildman–Crippen MR) is 76.5 cm³/mol. The zero-order chi connectivity index (χ0) is 13.2. The first kappa shape index (κ1) is 12.0. The van der Waals surface area contributed by atoms with Gasteiger partial charge >= 0.3 is 0 Å². The normalized spacial score (nSPS) is 12.7. The van der Waals surface area contributed by atoms with Gasteiger partial charge in [-0.3, -0.25) is 0 Å². The summed E-state index contributed by atoms with van der Waals surface area (Å²) in [7, 11) is 0. The van der Waals surface area contributed by atoms with E-state index in [1.807, 2.05) is 30.3 Å². The van der Waals surface area contributed by atoms with Crippen LogP contribution < -0.4 is 0 Å². The molecule has 0 bridgehead atoms. The van der Waals surface area contributed by atoms with E-state index < -0.39 is 0 Å². The number of aromatic nitrogens is 1. The number of benzene rings is 2. The second-order valence-corrected chi connectivity index (χ2v) is 4.70. The van der Waals surface area contributed by atoms with Crippen LogP contribution in [-0.2, 0) is 0 Å². The maximum Gasteiger partial charge on any atom is 0.147 e. The zero-order valence-electron chi connectivity index (χ0n) is 10.6. The summed E-state index contributed by atoms with van der Waals surface area (Å²) < 4.78 is 14.0. The van der Waals surface area contributed by atoms with Gasteiger partial charge in [-0.15, -0.1) is 0 Å². The van der Waals surface area contributed by atoms with Crippen molar-refractivity contribution in [3.05, 3.63) is 78.6 Å². The van der Waals surface area contributed by atoms with E-state index in [1.165, 1.54) is 5.56 Å². The number of rotatable bonds is 3. The van der Waals surface area contributed by atoms with Crippen LogP contribution in [0.15, 0.2) is 54.7 Å². The molecule has 2 aromatic carbocycles. The molecule has 1 radical (unpaired) electrons. The number of hydrogen-bond acceptors (Lipinski definition) is 0. The lowest BCUT2D eigenvalue weighted by Crippen LogP contribution is -2.00. The van der Waals surface area contributed by atoms with Crippen molar-refractivity contribution in [2.75, 3.05) is 0 Å². The largest absolute Gasteiger partial charge is 0.359 e. The fourth-order valence-electron chi connectivity index (χ4n) is 2.56. The molecule has 1 atom stereocenters. The van der Waals surface area contributed by atoms with Gasteiger partial charge in [0.1, 0.15) is 5.82 Å². The van der Waals surface area contributed by atoms with Crippen molar-refractivity contribution in [3.8, 4) is 0 Å². The number of H-pyrrole nitrogens is 1. The first-order chi connectivity index (χ1) is 9.29. The first-order valence-electron chi connectivity index (χ1n) is 6.40. The van der Waals surface area contributed by atoms with Gasteiger partial charge in [0.05, 0.1) is 5.52 Å². The lowest BCUT2D eigenvalue weighted by atomic mass is 9.88. The molecule has 0 saturated heterocycles. The van der Waals surface area contributed by atoms with Crippen molar-refractivity contribution in [2.24, 2.45) is 0 Å². The van der Waals surface area contributed by atoms with Gasteiger partial charge in [0.25, 0.3) is 0 Å². The number of halogens is 1. The van der Waals surface area contributed by atoms with E-state index in [-0.39, 0.29) is 11.7 Å². The SMILES string of the molecule is [CH2]CC(c1ccccc1)c1cc(F)c2[nH]ccc2c1. The van der Waals surface area contributed by atoms with Gasteiger partial charge in [-0.05, 0) is 35.7 Å². The smallest absolute Gasteiger partial charge is 0.147 e. The molecule has 3 rings (SSSR count). The number of aromatic amines is 1. The van der Waals surface area contributed by atoms with Crippen LogP contribution in [0, 0.1) is 12.7 Å². The van der Waals surface area contributed by atoms with Crippen molar-refractivity contribution >= 4 is 10.9 Å².